The van der Waals surface area contributed by atoms with Crippen molar-refractivity contribution in [1.82, 2.24) is 20.3 Å². The molecule has 0 aliphatic heterocycles. The molecule has 1 aromatic heterocycles. The number of rotatable bonds is 9. The summed E-state index contributed by atoms with van der Waals surface area (Å²) >= 11 is 0. The summed E-state index contributed by atoms with van der Waals surface area (Å²) in [6.45, 7) is 4.76. The first-order valence-corrected chi connectivity index (χ1v) is 6.26. The molecule has 6 heteroatoms. The monoisotopic (exact) mass is 239 g/mol. The maximum Gasteiger partial charge on any atom is 0.0962 e. The zero-order valence-corrected chi connectivity index (χ0v) is 10.1. The second-order valence-corrected chi connectivity index (χ2v) is 4.45. The summed E-state index contributed by atoms with van der Waals surface area (Å²) in [6, 6.07) is 0. The quantitative estimate of drug-likeness (QED) is 0.581. The Morgan fingerprint density at radius 1 is 1.47 bits per heavy atom. The molecule has 0 spiro atoms. The van der Waals surface area contributed by atoms with Crippen LogP contribution < -0.4 is 11.1 Å². The standard InChI is InChI=1S/C11H21N5O/c12-7-11-8-16(15-14-11)5-3-13-4-6-17-9-10-1-2-10/h8,10,13H,1-7,9,12H2. The predicted octanol–water partition coefficient (Wildman–Crippen LogP) is -0.247. The van der Waals surface area contributed by atoms with E-state index in [0.29, 0.717) is 6.54 Å². The van der Waals surface area contributed by atoms with Crippen LogP contribution in [0.1, 0.15) is 18.5 Å². The molecule has 0 saturated heterocycles. The van der Waals surface area contributed by atoms with Crippen LogP contribution in [0.5, 0.6) is 0 Å². The lowest BCUT2D eigenvalue weighted by molar-refractivity contribution is 0.126. The molecular weight excluding hydrogens is 218 g/mol. The molecular formula is C11H21N5O. The lowest BCUT2D eigenvalue weighted by atomic mass is 10.5. The van der Waals surface area contributed by atoms with E-state index in [0.717, 1.165) is 44.5 Å². The number of nitrogens with two attached hydrogens (primary N) is 1. The average Bonchev–Trinajstić information content (AvgIpc) is 3.05. The van der Waals surface area contributed by atoms with Gasteiger partial charge in [0, 0.05) is 32.4 Å². The van der Waals surface area contributed by atoms with E-state index in [1.807, 2.05) is 6.20 Å². The molecule has 0 atom stereocenters. The Labute approximate surface area is 102 Å². The minimum absolute atomic E-state index is 0.447. The van der Waals surface area contributed by atoms with Gasteiger partial charge in [0.15, 0.2) is 0 Å². The van der Waals surface area contributed by atoms with E-state index in [9.17, 15) is 0 Å². The van der Waals surface area contributed by atoms with E-state index in [-0.39, 0.29) is 0 Å². The normalized spacial score (nSPS) is 15.4. The Balaban J connectivity index is 1.44. The summed E-state index contributed by atoms with van der Waals surface area (Å²) in [7, 11) is 0. The maximum absolute atomic E-state index is 5.52. The topological polar surface area (TPSA) is 78.0 Å². The van der Waals surface area contributed by atoms with Gasteiger partial charge in [0.05, 0.1) is 18.8 Å². The summed E-state index contributed by atoms with van der Waals surface area (Å²) in [6.07, 6.45) is 4.58. The Morgan fingerprint density at radius 2 is 2.35 bits per heavy atom. The van der Waals surface area contributed by atoms with Crippen molar-refractivity contribution >= 4 is 0 Å². The third-order valence-corrected chi connectivity index (χ3v) is 2.79. The van der Waals surface area contributed by atoms with E-state index < -0.39 is 0 Å². The summed E-state index contributed by atoms with van der Waals surface area (Å²) in [5.74, 6) is 0.847. The lowest BCUT2D eigenvalue weighted by Crippen LogP contribution is -2.24. The van der Waals surface area contributed by atoms with E-state index in [4.69, 9.17) is 10.5 Å². The highest BCUT2D eigenvalue weighted by Crippen LogP contribution is 2.28. The fourth-order valence-electron chi connectivity index (χ4n) is 1.54. The third-order valence-electron chi connectivity index (χ3n) is 2.79. The van der Waals surface area contributed by atoms with Crippen molar-refractivity contribution in [2.75, 3.05) is 26.3 Å². The highest BCUT2D eigenvalue weighted by atomic mass is 16.5. The van der Waals surface area contributed by atoms with E-state index in [2.05, 4.69) is 15.6 Å². The SMILES string of the molecule is NCc1cn(CCNCCOCC2CC2)nn1. The fraction of sp³-hybridized carbons (Fsp3) is 0.818. The largest absolute Gasteiger partial charge is 0.380 e. The van der Waals surface area contributed by atoms with E-state index >= 15 is 0 Å². The molecule has 0 bridgehead atoms. The van der Waals surface area contributed by atoms with Crippen LogP contribution in [-0.2, 0) is 17.8 Å². The number of ether oxygens (including phenoxy) is 1. The highest BCUT2D eigenvalue weighted by molar-refractivity contribution is 4.90. The van der Waals surface area contributed by atoms with Gasteiger partial charge in [-0.25, -0.2) is 0 Å². The number of aromatic nitrogens is 3. The van der Waals surface area contributed by atoms with Crippen molar-refractivity contribution in [3.63, 3.8) is 0 Å². The smallest absolute Gasteiger partial charge is 0.0962 e. The second kappa shape index (κ2) is 6.68. The molecule has 1 saturated carbocycles. The van der Waals surface area contributed by atoms with Crippen LogP contribution in [0.15, 0.2) is 6.20 Å². The third kappa shape index (κ3) is 4.80. The highest BCUT2D eigenvalue weighted by Gasteiger charge is 2.20. The molecule has 0 amide bonds. The number of nitrogens with zero attached hydrogens (tertiary/aromatic N) is 3. The van der Waals surface area contributed by atoms with Crippen molar-refractivity contribution in [2.45, 2.75) is 25.9 Å². The predicted molar refractivity (Wildman–Crippen MR) is 64.3 cm³/mol. The summed E-state index contributed by atoms with van der Waals surface area (Å²) in [4.78, 5) is 0. The zero-order chi connectivity index (χ0) is 11.9. The molecule has 0 aromatic carbocycles. The van der Waals surface area contributed by atoms with Crippen molar-refractivity contribution in [3.8, 4) is 0 Å². The first-order valence-electron chi connectivity index (χ1n) is 6.26. The van der Waals surface area contributed by atoms with Crippen LogP contribution in [0.3, 0.4) is 0 Å². The Morgan fingerprint density at radius 3 is 3.06 bits per heavy atom. The van der Waals surface area contributed by atoms with Crippen molar-refractivity contribution in [1.29, 1.82) is 0 Å². The number of nitrogens with one attached hydrogen (secondary N) is 1. The average molecular weight is 239 g/mol. The minimum Gasteiger partial charge on any atom is -0.380 e. The number of hydrogen-bond donors (Lipinski definition) is 2. The molecule has 1 heterocycles. The molecule has 96 valence electrons. The summed E-state index contributed by atoms with van der Waals surface area (Å²) in [5, 5.41) is 11.2. The van der Waals surface area contributed by atoms with Crippen molar-refractivity contribution < 1.29 is 4.74 Å². The molecule has 6 nitrogen and oxygen atoms in total. The van der Waals surface area contributed by atoms with E-state index in [1.165, 1.54) is 12.8 Å². The van der Waals surface area contributed by atoms with Gasteiger partial charge in [-0.15, -0.1) is 5.10 Å². The lowest BCUT2D eigenvalue weighted by Gasteiger charge is -2.05. The molecule has 1 aromatic rings. The van der Waals surface area contributed by atoms with Gasteiger partial charge in [-0.2, -0.15) is 0 Å². The van der Waals surface area contributed by atoms with Gasteiger partial charge in [-0.05, 0) is 18.8 Å². The Hall–Kier alpha value is -0.980. The molecule has 17 heavy (non-hydrogen) atoms. The molecule has 2 rings (SSSR count). The second-order valence-electron chi connectivity index (χ2n) is 4.45. The molecule has 0 radical (unpaired) electrons. The molecule has 0 unspecified atom stereocenters. The van der Waals surface area contributed by atoms with Crippen LogP contribution in [-0.4, -0.2) is 41.3 Å². The van der Waals surface area contributed by atoms with Gasteiger partial charge in [-0.1, -0.05) is 5.21 Å². The van der Waals surface area contributed by atoms with Crippen LogP contribution in [0.25, 0.3) is 0 Å². The van der Waals surface area contributed by atoms with Gasteiger partial charge < -0.3 is 15.8 Å². The molecule has 3 N–H and O–H groups in total. The van der Waals surface area contributed by atoms with Gasteiger partial charge in [0.2, 0.25) is 0 Å². The zero-order valence-electron chi connectivity index (χ0n) is 10.1. The van der Waals surface area contributed by atoms with E-state index in [1.54, 1.807) is 4.68 Å². The maximum atomic E-state index is 5.52. The molecule has 1 fully saturated rings. The number of hydrogen-bond acceptors (Lipinski definition) is 5. The minimum atomic E-state index is 0.447. The molecule has 1 aliphatic rings. The summed E-state index contributed by atoms with van der Waals surface area (Å²) in [5.41, 5.74) is 6.29. The van der Waals surface area contributed by atoms with Gasteiger partial charge in [0.1, 0.15) is 0 Å². The van der Waals surface area contributed by atoms with Gasteiger partial charge in [0.25, 0.3) is 0 Å². The van der Waals surface area contributed by atoms with Crippen LogP contribution in [0.4, 0.5) is 0 Å². The van der Waals surface area contributed by atoms with Crippen molar-refractivity contribution in [2.24, 2.45) is 11.7 Å². The van der Waals surface area contributed by atoms with Gasteiger partial charge >= 0.3 is 0 Å². The van der Waals surface area contributed by atoms with Crippen LogP contribution in [0, 0.1) is 5.92 Å². The first-order chi connectivity index (χ1) is 8.38. The van der Waals surface area contributed by atoms with Crippen molar-refractivity contribution in [3.05, 3.63) is 11.9 Å². The van der Waals surface area contributed by atoms with Gasteiger partial charge in [-0.3, -0.25) is 4.68 Å². The Kier molecular flexibility index (Phi) is 4.90. The first kappa shape index (κ1) is 12.5. The summed E-state index contributed by atoms with van der Waals surface area (Å²) < 4.78 is 7.32. The van der Waals surface area contributed by atoms with Crippen LogP contribution in [0.2, 0.25) is 0 Å². The molecule has 1 aliphatic carbocycles. The Bertz CT molecular complexity index is 323. The fourth-order valence-corrected chi connectivity index (χ4v) is 1.54. The van der Waals surface area contributed by atoms with Crippen LogP contribution >= 0.6 is 0 Å².